The van der Waals surface area contributed by atoms with E-state index in [1.807, 2.05) is 24.7 Å². The number of aromatic nitrogens is 2. The second-order valence-corrected chi connectivity index (χ2v) is 4.29. The van der Waals surface area contributed by atoms with E-state index in [2.05, 4.69) is 16.8 Å². The van der Waals surface area contributed by atoms with Crippen molar-refractivity contribution in [1.29, 1.82) is 0 Å². The summed E-state index contributed by atoms with van der Waals surface area (Å²) in [4.78, 5) is 17.9. The van der Waals surface area contributed by atoms with Crippen LogP contribution in [0.5, 0.6) is 0 Å². The van der Waals surface area contributed by atoms with Gasteiger partial charge in [0.1, 0.15) is 5.82 Å². The number of nitrogens with zero attached hydrogens (tertiary/aromatic N) is 3. The van der Waals surface area contributed by atoms with Gasteiger partial charge in [0.05, 0.1) is 13.2 Å². The lowest BCUT2D eigenvalue weighted by atomic mass is 10.3. The van der Waals surface area contributed by atoms with Crippen molar-refractivity contribution >= 4 is 5.97 Å². The third kappa shape index (κ3) is 4.87. The van der Waals surface area contributed by atoms with Crippen LogP contribution in [0.15, 0.2) is 12.4 Å². The predicted octanol–water partition coefficient (Wildman–Crippen LogP) is 1.24. The van der Waals surface area contributed by atoms with E-state index in [-0.39, 0.29) is 5.97 Å². The van der Waals surface area contributed by atoms with Crippen LogP contribution in [0.2, 0.25) is 0 Å². The molecule has 0 radical (unpaired) electrons. The maximum atomic E-state index is 11.5. The Morgan fingerprint density at radius 1 is 1.44 bits per heavy atom. The van der Waals surface area contributed by atoms with Gasteiger partial charge >= 0.3 is 5.97 Å². The molecule has 0 N–H and O–H groups in total. The van der Waals surface area contributed by atoms with Gasteiger partial charge in [-0.1, -0.05) is 6.92 Å². The molecule has 0 aliphatic carbocycles. The summed E-state index contributed by atoms with van der Waals surface area (Å²) in [6, 6.07) is 0. The average molecular weight is 253 g/mol. The molecule has 1 aromatic rings. The summed E-state index contributed by atoms with van der Waals surface area (Å²) in [5, 5.41) is 0. The van der Waals surface area contributed by atoms with Crippen molar-refractivity contribution in [3.8, 4) is 0 Å². The van der Waals surface area contributed by atoms with Gasteiger partial charge in [0, 0.05) is 32.4 Å². The minimum atomic E-state index is -0.147. The minimum absolute atomic E-state index is 0.147. The molecule has 5 heteroatoms. The largest absolute Gasteiger partial charge is 0.465 e. The molecule has 0 atom stereocenters. The number of aryl methyl sites for hydroxylation is 1. The Balaban J connectivity index is 2.42. The van der Waals surface area contributed by atoms with Crippen molar-refractivity contribution in [3.05, 3.63) is 18.2 Å². The number of hydrogen-bond acceptors (Lipinski definition) is 4. The van der Waals surface area contributed by atoms with E-state index in [0.29, 0.717) is 13.2 Å². The second-order valence-electron chi connectivity index (χ2n) is 4.29. The number of rotatable bonds is 8. The molecule has 5 nitrogen and oxygen atoms in total. The van der Waals surface area contributed by atoms with Gasteiger partial charge in [0.15, 0.2) is 0 Å². The van der Waals surface area contributed by atoms with Crippen LogP contribution in [-0.2, 0) is 23.0 Å². The van der Waals surface area contributed by atoms with E-state index >= 15 is 0 Å². The summed E-state index contributed by atoms with van der Waals surface area (Å²) >= 11 is 0. The maximum absolute atomic E-state index is 11.5. The Morgan fingerprint density at radius 3 is 2.78 bits per heavy atom. The topological polar surface area (TPSA) is 47.4 Å². The smallest absolute Gasteiger partial charge is 0.320 e. The lowest BCUT2D eigenvalue weighted by Gasteiger charge is -2.20. The third-order valence-electron chi connectivity index (χ3n) is 2.77. The third-order valence-corrected chi connectivity index (χ3v) is 2.77. The summed E-state index contributed by atoms with van der Waals surface area (Å²) in [6.45, 7) is 6.49. The molecule has 0 aromatic carbocycles. The number of carbonyl (C=O) groups is 1. The summed E-state index contributed by atoms with van der Waals surface area (Å²) in [6.07, 6.45) is 5.61. The molecular weight excluding hydrogens is 230 g/mol. The van der Waals surface area contributed by atoms with Crippen LogP contribution in [-0.4, -0.2) is 46.7 Å². The summed E-state index contributed by atoms with van der Waals surface area (Å²) in [7, 11) is 1.98. The summed E-state index contributed by atoms with van der Waals surface area (Å²) < 4.78 is 6.99. The van der Waals surface area contributed by atoms with Crippen LogP contribution < -0.4 is 0 Å². The highest BCUT2D eigenvalue weighted by Crippen LogP contribution is 2.00. The molecule has 0 unspecified atom stereocenters. The molecule has 18 heavy (non-hydrogen) atoms. The molecule has 1 rings (SSSR count). The zero-order valence-corrected chi connectivity index (χ0v) is 11.6. The normalized spacial score (nSPS) is 10.9. The molecule has 1 heterocycles. The number of imidazole rings is 1. The Labute approximate surface area is 109 Å². The fraction of sp³-hybridized carbons (Fsp3) is 0.692. The fourth-order valence-electron chi connectivity index (χ4n) is 1.87. The zero-order chi connectivity index (χ0) is 13.4. The van der Waals surface area contributed by atoms with Gasteiger partial charge in [-0.15, -0.1) is 0 Å². The van der Waals surface area contributed by atoms with Crippen LogP contribution in [0.1, 0.15) is 26.1 Å². The highest BCUT2D eigenvalue weighted by molar-refractivity contribution is 5.71. The first-order valence-electron chi connectivity index (χ1n) is 6.51. The van der Waals surface area contributed by atoms with Crippen LogP contribution in [0.25, 0.3) is 0 Å². The van der Waals surface area contributed by atoms with Crippen molar-refractivity contribution in [2.24, 2.45) is 7.05 Å². The van der Waals surface area contributed by atoms with Gasteiger partial charge in [0.2, 0.25) is 0 Å². The maximum Gasteiger partial charge on any atom is 0.320 e. The van der Waals surface area contributed by atoms with Gasteiger partial charge in [-0.05, 0) is 19.9 Å². The number of esters is 1. The SMILES string of the molecule is CCCN(CCc1nccn1C)CC(=O)OCC. The van der Waals surface area contributed by atoms with Crippen molar-refractivity contribution in [1.82, 2.24) is 14.5 Å². The predicted molar refractivity (Wildman–Crippen MR) is 70.3 cm³/mol. The first-order valence-corrected chi connectivity index (χ1v) is 6.51. The molecule has 0 saturated heterocycles. The minimum Gasteiger partial charge on any atom is -0.465 e. The highest BCUT2D eigenvalue weighted by atomic mass is 16.5. The zero-order valence-electron chi connectivity index (χ0n) is 11.6. The Morgan fingerprint density at radius 2 is 2.22 bits per heavy atom. The molecule has 0 aliphatic heterocycles. The molecule has 1 aromatic heterocycles. The van der Waals surface area contributed by atoms with Gasteiger partial charge < -0.3 is 9.30 Å². The van der Waals surface area contributed by atoms with E-state index in [1.54, 1.807) is 6.20 Å². The summed E-state index contributed by atoms with van der Waals surface area (Å²) in [5.41, 5.74) is 0. The van der Waals surface area contributed by atoms with Gasteiger partial charge in [-0.25, -0.2) is 4.98 Å². The Hall–Kier alpha value is -1.36. The van der Waals surface area contributed by atoms with Gasteiger partial charge in [-0.3, -0.25) is 9.69 Å². The van der Waals surface area contributed by atoms with Crippen LogP contribution in [0, 0.1) is 0 Å². The van der Waals surface area contributed by atoms with E-state index < -0.39 is 0 Å². The standard InChI is InChI=1S/C13H23N3O2/c1-4-8-16(11-13(17)18-5-2)9-6-12-14-7-10-15(12)3/h7,10H,4-6,8-9,11H2,1-3H3. The summed E-state index contributed by atoms with van der Waals surface area (Å²) in [5.74, 6) is 0.894. The molecule has 0 fully saturated rings. The van der Waals surface area contributed by atoms with E-state index in [9.17, 15) is 4.79 Å². The second kappa shape index (κ2) is 7.87. The van der Waals surface area contributed by atoms with Crippen molar-refractivity contribution in [2.45, 2.75) is 26.7 Å². The molecule has 0 amide bonds. The monoisotopic (exact) mass is 253 g/mol. The van der Waals surface area contributed by atoms with Gasteiger partial charge in [-0.2, -0.15) is 0 Å². The lowest BCUT2D eigenvalue weighted by Crippen LogP contribution is -2.33. The number of hydrogen-bond donors (Lipinski definition) is 0. The number of carbonyl (C=O) groups excluding carboxylic acids is 1. The van der Waals surface area contributed by atoms with Crippen molar-refractivity contribution in [3.63, 3.8) is 0 Å². The first kappa shape index (κ1) is 14.7. The first-order chi connectivity index (χ1) is 8.67. The van der Waals surface area contributed by atoms with E-state index in [4.69, 9.17) is 4.74 Å². The van der Waals surface area contributed by atoms with Crippen LogP contribution >= 0.6 is 0 Å². The Kier molecular flexibility index (Phi) is 6.43. The van der Waals surface area contributed by atoms with E-state index in [0.717, 1.165) is 31.8 Å². The van der Waals surface area contributed by atoms with Crippen LogP contribution in [0.3, 0.4) is 0 Å². The van der Waals surface area contributed by atoms with Gasteiger partial charge in [0.25, 0.3) is 0 Å². The molecular formula is C13H23N3O2. The van der Waals surface area contributed by atoms with Crippen molar-refractivity contribution < 1.29 is 9.53 Å². The van der Waals surface area contributed by atoms with Crippen molar-refractivity contribution in [2.75, 3.05) is 26.2 Å². The molecule has 0 spiro atoms. The number of ether oxygens (including phenoxy) is 1. The molecule has 0 saturated carbocycles. The average Bonchev–Trinajstić information content (AvgIpc) is 2.72. The van der Waals surface area contributed by atoms with E-state index in [1.165, 1.54) is 0 Å². The quantitative estimate of drug-likeness (QED) is 0.654. The fourth-order valence-corrected chi connectivity index (χ4v) is 1.87. The Bertz CT molecular complexity index is 363. The lowest BCUT2D eigenvalue weighted by molar-refractivity contribution is -0.144. The molecule has 0 bridgehead atoms. The highest BCUT2D eigenvalue weighted by Gasteiger charge is 2.11. The van der Waals surface area contributed by atoms with Crippen LogP contribution in [0.4, 0.5) is 0 Å². The molecule has 0 aliphatic rings. The molecule has 102 valence electrons.